The van der Waals surface area contributed by atoms with Crippen molar-refractivity contribution in [3.05, 3.63) is 46.8 Å². The van der Waals surface area contributed by atoms with Crippen LogP contribution in [0, 0.1) is 25.2 Å². The van der Waals surface area contributed by atoms with Crippen LogP contribution in [0.1, 0.15) is 22.3 Å². The van der Waals surface area contributed by atoms with Crippen LogP contribution < -0.4 is 4.74 Å². The predicted octanol–water partition coefficient (Wildman–Crippen LogP) is 3.50. The van der Waals surface area contributed by atoms with Crippen molar-refractivity contribution in [2.24, 2.45) is 0 Å². The van der Waals surface area contributed by atoms with Gasteiger partial charge in [0.2, 0.25) is 0 Å². The van der Waals surface area contributed by atoms with Gasteiger partial charge in [-0.2, -0.15) is 5.26 Å². The predicted molar refractivity (Wildman–Crippen MR) is 72.3 cm³/mol. The first-order chi connectivity index (χ1) is 9.13. The van der Waals surface area contributed by atoms with Crippen molar-refractivity contribution in [1.82, 2.24) is 9.97 Å². The minimum atomic E-state index is 0.268. The Morgan fingerprint density at radius 1 is 1.21 bits per heavy atom. The van der Waals surface area contributed by atoms with E-state index >= 15 is 0 Å². The zero-order valence-electron chi connectivity index (χ0n) is 10.6. The Kier molecular flexibility index (Phi) is 3.98. The molecule has 1 aromatic heterocycles. The number of alkyl halides is 1. The zero-order chi connectivity index (χ0) is 13.8. The number of halogens is 1. The molecule has 0 saturated carbocycles. The molecule has 0 aliphatic carbocycles. The van der Waals surface area contributed by atoms with Gasteiger partial charge in [0.25, 0.3) is 0 Å². The van der Waals surface area contributed by atoms with Crippen LogP contribution in [0.25, 0.3) is 0 Å². The maximum absolute atomic E-state index is 8.90. The average Bonchev–Trinajstić information content (AvgIpc) is 2.43. The van der Waals surface area contributed by atoms with Crippen LogP contribution in [0.5, 0.6) is 11.8 Å². The molecule has 1 heterocycles. The van der Waals surface area contributed by atoms with Crippen LogP contribution in [0.3, 0.4) is 0 Å². The Bertz CT molecular complexity index is 609. The van der Waals surface area contributed by atoms with Crippen LogP contribution in [0.2, 0.25) is 0 Å². The highest BCUT2D eigenvalue weighted by atomic mass is 35.5. The van der Waals surface area contributed by atoms with Crippen LogP contribution in [0.15, 0.2) is 24.5 Å². The molecular weight excluding hydrogens is 262 g/mol. The van der Waals surface area contributed by atoms with Crippen LogP contribution in [-0.4, -0.2) is 9.97 Å². The van der Waals surface area contributed by atoms with E-state index in [9.17, 15) is 0 Å². The molecule has 0 N–H and O–H groups in total. The van der Waals surface area contributed by atoms with Gasteiger partial charge in [-0.3, -0.25) is 0 Å². The second-order valence-corrected chi connectivity index (χ2v) is 4.43. The monoisotopic (exact) mass is 273 g/mol. The number of benzene rings is 1. The van der Waals surface area contributed by atoms with Gasteiger partial charge in [0.15, 0.2) is 0 Å². The van der Waals surface area contributed by atoms with Crippen LogP contribution >= 0.6 is 11.6 Å². The number of nitriles is 1. The standard InChI is InChI=1S/C14H12ClN3O/c1-9-3-11(6-16)4-10(2)13(9)19-14-17-7-12(5-15)8-18-14/h3-4,7-8H,5H2,1-2H3. The summed E-state index contributed by atoms with van der Waals surface area (Å²) in [4.78, 5) is 8.17. The van der Waals surface area contributed by atoms with Crippen molar-refractivity contribution in [3.63, 3.8) is 0 Å². The van der Waals surface area contributed by atoms with Gasteiger partial charge >= 0.3 is 6.01 Å². The molecule has 2 rings (SSSR count). The molecule has 5 heteroatoms. The van der Waals surface area contributed by atoms with Crippen molar-refractivity contribution >= 4 is 11.6 Å². The third kappa shape index (κ3) is 3.01. The van der Waals surface area contributed by atoms with E-state index in [1.807, 2.05) is 13.8 Å². The number of rotatable bonds is 3. The van der Waals surface area contributed by atoms with E-state index < -0.39 is 0 Å². The Hall–Kier alpha value is -2.12. The van der Waals surface area contributed by atoms with Crippen molar-refractivity contribution in [2.45, 2.75) is 19.7 Å². The van der Waals surface area contributed by atoms with E-state index in [2.05, 4.69) is 16.0 Å². The summed E-state index contributed by atoms with van der Waals surface area (Å²) >= 11 is 5.67. The summed E-state index contributed by atoms with van der Waals surface area (Å²) in [7, 11) is 0. The molecule has 0 amide bonds. The van der Waals surface area contributed by atoms with Gasteiger partial charge in [-0.15, -0.1) is 11.6 Å². The van der Waals surface area contributed by atoms with Gasteiger partial charge in [-0.1, -0.05) is 0 Å². The van der Waals surface area contributed by atoms with Gasteiger partial charge in [0, 0.05) is 18.0 Å². The molecule has 0 atom stereocenters. The normalized spacial score (nSPS) is 10.0. The quantitative estimate of drug-likeness (QED) is 0.803. The number of aryl methyl sites for hydroxylation is 2. The van der Waals surface area contributed by atoms with E-state index in [-0.39, 0.29) is 6.01 Å². The number of aromatic nitrogens is 2. The summed E-state index contributed by atoms with van der Waals surface area (Å²) < 4.78 is 5.66. The Morgan fingerprint density at radius 3 is 2.26 bits per heavy atom. The number of nitrogens with zero attached hydrogens (tertiary/aromatic N) is 3. The lowest BCUT2D eigenvalue weighted by Gasteiger charge is -2.10. The summed E-state index contributed by atoms with van der Waals surface area (Å²) in [6, 6.07) is 5.93. The summed E-state index contributed by atoms with van der Waals surface area (Å²) in [5.74, 6) is 1.05. The van der Waals surface area contributed by atoms with Gasteiger partial charge in [-0.25, -0.2) is 9.97 Å². The first-order valence-corrected chi connectivity index (χ1v) is 6.23. The maximum atomic E-state index is 8.90. The fourth-order valence-corrected chi connectivity index (χ4v) is 1.87. The molecule has 19 heavy (non-hydrogen) atoms. The molecular formula is C14H12ClN3O. The lowest BCUT2D eigenvalue weighted by atomic mass is 10.1. The van der Waals surface area contributed by atoms with Gasteiger partial charge in [0.1, 0.15) is 5.75 Å². The highest BCUT2D eigenvalue weighted by Crippen LogP contribution is 2.27. The summed E-state index contributed by atoms with van der Waals surface area (Å²) in [6.45, 7) is 3.77. The number of ether oxygens (including phenoxy) is 1. The maximum Gasteiger partial charge on any atom is 0.321 e. The SMILES string of the molecule is Cc1cc(C#N)cc(C)c1Oc1ncc(CCl)cn1. The smallest absolute Gasteiger partial charge is 0.321 e. The summed E-state index contributed by atoms with van der Waals surface area (Å²) in [5.41, 5.74) is 3.20. The molecule has 0 unspecified atom stereocenters. The molecule has 4 nitrogen and oxygen atoms in total. The average molecular weight is 274 g/mol. The van der Waals surface area contributed by atoms with Crippen molar-refractivity contribution in [3.8, 4) is 17.8 Å². The molecule has 0 bridgehead atoms. The third-order valence-electron chi connectivity index (χ3n) is 2.62. The van der Waals surface area contributed by atoms with Crippen molar-refractivity contribution < 1.29 is 4.74 Å². The van der Waals surface area contributed by atoms with Crippen LogP contribution in [-0.2, 0) is 5.88 Å². The van der Waals surface area contributed by atoms with E-state index in [0.29, 0.717) is 17.2 Å². The highest BCUT2D eigenvalue weighted by Gasteiger charge is 2.09. The Balaban J connectivity index is 2.30. The number of hydrogen-bond acceptors (Lipinski definition) is 4. The minimum Gasteiger partial charge on any atom is -0.424 e. The molecule has 2 aromatic rings. The topological polar surface area (TPSA) is 58.8 Å². The van der Waals surface area contributed by atoms with Crippen molar-refractivity contribution in [2.75, 3.05) is 0 Å². The molecule has 0 aliphatic rings. The second-order valence-electron chi connectivity index (χ2n) is 4.16. The molecule has 0 saturated heterocycles. The lowest BCUT2D eigenvalue weighted by molar-refractivity contribution is 0.435. The minimum absolute atomic E-state index is 0.268. The zero-order valence-corrected chi connectivity index (χ0v) is 11.4. The molecule has 0 radical (unpaired) electrons. The van der Waals surface area contributed by atoms with Gasteiger partial charge in [0.05, 0.1) is 17.5 Å². The molecule has 96 valence electrons. The Labute approximate surface area is 116 Å². The van der Waals surface area contributed by atoms with Crippen molar-refractivity contribution in [1.29, 1.82) is 5.26 Å². The third-order valence-corrected chi connectivity index (χ3v) is 2.93. The molecule has 1 aromatic carbocycles. The molecule has 0 fully saturated rings. The summed E-state index contributed by atoms with van der Waals surface area (Å²) in [5, 5.41) is 8.90. The van der Waals surface area contributed by atoms with Gasteiger partial charge in [-0.05, 0) is 37.1 Å². The van der Waals surface area contributed by atoms with E-state index in [4.69, 9.17) is 21.6 Å². The fourth-order valence-electron chi connectivity index (χ4n) is 1.73. The lowest BCUT2D eigenvalue weighted by Crippen LogP contribution is -1.97. The summed E-state index contributed by atoms with van der Waals surface area (Å²) in [6.07, 6.45) is 3.26. The van der Waals surface area contributed by atoms with Crippen LogP contribution in [0.4, 0.5) is 0 Å². The second kappa shape index (κ2) is 5.68. The first-order valence-electron chi connectivity index (χ1n) is 5.70. The largest absolute Gasteiger partial charge is 0.424 e. The Morgan fingerprint density at radius 2 is 1.79 bits per heavy atom. The molecule has 0 spiro atoms. The molecule has 0 aliphatic heterocycles. The first kappa shape index (κ1) is 13.3. The van der Waals surface area contributed by atoms with E-state index in [1.54, 1.807) is 24.5 Å². The number of hydrogen-bond donors (Lipinski definition) is 0. The van der Waals surface area contributed by atoms with E-state index in [0.717, 1.165) is 16.7 Å². The van der Waals surface area contributed by atoms with Gasteiger partial charge < -0.3 is 4.74 Å². The fraction of sp³-hybridized carbons (Fsp3) is 0.214. The van der Waals surface area contributed by atoms with E-state index in [1.165, 1.54) is 0 Å². The highest BCUT2D eigenvalue weighted by molar-refractivity contribution is 6.17.